The van der Waals surface area contributed by atoms with Gasteiger partial charge in [0.15, 0.2) is 0 Å². The normalized spacial score (nSPS) is 14.6. The van der Waals surface area contributed by atoms with Gasteiger partial charge in [0.25, 0.3) is 0 Å². The molecule has 0 bridgehead atoms. The minimum atomic E-state index is -3.60. The van der Waals surface area contributed by atoms with Gasteiger partial charge in [0, 0.05) is 43.2 Å². The second-order valence-electron chi connectivity index (χ2n) is 9.45. The van der Waals surface area contributed by atoms with Crippen LogP contribution in [0, 0.1) is 5.82 Å². The monoisotopic (exact) mass is 562 g/mol. The lowest BCUT2D eigenvalue weighted by Gasteiger charge is -2.31. The summed E-state index contributed by atoms with van der Waals surface area (Å²) in [7, 11) is -1.95. The number of nitrogens with one attached hydrogen (secondary N) is 3. The molecule has 0 saturated carbocycles. The molecule has 208 valence electrons. The zero-order chi connectivity index (χ0) is 28.0. The molecule has 0 unspecified atom stereocenters. The Balaban J connectivity index is 1.14. The molecule has 0 radical (unpaired) electrons. The summed E-state index contributed by atoms with van der Waals surface area (Å²) in [5.41, 5.74) is 2.50. The maximum absolute atomic E-state index is 13.3. The molecular formula is C29H31FN6O3S. The number of hydrogen-bond acceptors (Lipinski definition) is 8. The van der Waals surface area contributed by atoms with Crippen molar-refractivity contribution < 1.29 is 17.5 Å². The van der Waals surface area contributed by atoms with E-state index in [-0.39, 0.29) is 16.8 Å². The van der Waals surface area contributed by atoms with Gasteiger partial charge in [-0.1, -0.05) is 12.1 Å². The Hall–Kier alpha value is -4.06. The van der Waals surface area contributed by atoms with Crippen molar-refractivity contribution in [3.05, 3.63) is 96.4 Å². The molecule has 9 nitrogen and oxygen atoms in total. The van der Waals surface area contributed by atoms with Crippen molar-refractivity contribution in [1.82, 2.24) is 19.6 Å². The Labute approximate surface area is 233 Å². The van der Waals surface area contributed by atoms with Gasteiger partial charge >= 0.3 is 0 Å². The number of sulfonamides is 1. The fourth-order valence-corrected chi connectivity index (χ4v) is 5.93. The SMILES string of the molecule is COc1ccc(CNC2CCN(S(=O)(=O)c3ccc(Nc4nccc(Nc5ccc(F)cc5)n4)cc3)CC2)cc1. The number of rotatable bonds is 10. The molecular weight excluding hydrogens is 531 g/mol. The molecule has 2 heterocycles. The maximum Gasteiger partial charge on any atom is 0.243 e. The summed E-state index contributed by atoms with van der Waals surface area (Å²) in [4.78, 5) is 8.88. The largest absolute Gasteiger partial charge is 0.497 e. The third kappa shape index (κ3) is 6.92. The lowest BCUT2D eigenvalue weighted by Crippen LogP contribution is -2.44. The van der Waals surface area contributed by atoms with Crippen molar-refractivity contribution >= 4 is 33.2 Å². The third-order valence-corrected chi connectivity index (χ3v) is 8.64. The van der Waals surface area contributed by atoms with Crippen molar-refractivity contribution in [3.8, 4) is 5.75 Å². The van der Waals surface area contributed by atoms with Gasteiger partial charge in [0.2, 0.25) is 16.0 Å². The Kier molecular flexibility index (Phi) is 8.54. The van der Waals surface area contributed by atoms with E-state index in [2.05, 4.69) is 25.9 Å². The van der Waals surface area contributed by atoms with Crippen LogP contribution in [-0.4, -0.2) is 48.9 Å². The van der Waals surface area contributed by atoms with Crippen LogP contribution in [0.1, 0.15) is 18.4 Å². The summed E-state index contributed by atoms with van der Waals surface area (Å²) >= 11 is 0. The fraction of sp³-hybridized carbons (Fsp3) is 0.241. The van der Waals surface area contributed by atoms with E-state index in [9.17, 15) is 12.8 Å². The lowest BCUT2D eigenvalue weighted by atomic mass is 10.1. The molecule has 4 aromatic rings. The van der Waals surface area contributed by atoms with Crippen molar-refractivity contribution in [2.75, 3.05) is 30.8 Å². The van der Waals surface area contributed by atoms with Gasteiger partial charge < -0.3 is 20.7 Å². The molecule has 1 aliphatic rings. The summed E-state index contributed by atoms with van der Waals surface area (Å²) in [5, 5.41) is 9.72. The highest BCUT2D eigenvalue weighted by Crippen LogP contribution is 2.24. The van der Waals surface area contributed by atoms with E-state index in [1.54, 1.807) is 60.1 Å². The Bertz CT molecular complexity index is 1510. The molecule has 3 aromatic carbocycles. The van der Waals surface area contributed by atoms with E-state index in [1.165, 1.54) is 12.1 Å². The van der Waals surface area contributed by atoms with Gasteiger partial charge in [-0.2, -0.15) is 9.29 Å². The second kappa shape index (κ2) is 12.4. The number of aromatic nitrogens is 2. The van der Waals surface area contributed by atoms with Crippen molar-refractivity contribution in [2.45, 2.75) is 30.3 Å². The average molecular weight is 563 g/mol. The first-order chi connectivity index (χ1) is 19.4. The number of piperidine rings is 1. The highest BCUT2D eigenvalue weighted by molar-refractivity contribution is 7.89. The quantitative estimate of drug-likeness (QED) is 0.246. The summed E-state index contributed by atoms with van der Waals surface area (Å²) < 4.78 is 46.4. The van der Waals surface area contributed by atoms with Gasteiger partial charge in [-0.25, -0.2) is 17.8 Å². The number of halogens is 1. The van der Waals surface area contributed by atoms with Crippen molar-refractivity contribution in [3.63, 3.8) is 0 Å². The minimum Gasteiger partial charge on any atom is -0.497 e. The van der Waals surface area contributed by atoms with Gasteiger partial charge in [-0.15, -0.1) is 0 Å². The summed E-state index contributed by atoms with van der Waals surface area (Å²) in [5.74, 6) is 1.38. The van der Waals surface area contributed by atoms with Crippen LogP contribution in [0.2, 0.25) is 0 Å². The van der Waals surface area contributed by atoms with Gasteiger partial charge in [-0.3, -0.25) is 0 Å². The van der Waals surface area contributed by atoms with E-state index >= 15 is 0 Å². The fourth-order valence-electron chi connectivity index (χ4n) is 4.46. The molecule has 40 heavy (non-hydrogen) atoms. The van der Waals surface area contributed by atoms with E-state index in [4.69, 9.17) is 4.74 Å². The Morgan fingerprint density at radius 2 is 1.55 bits per heavy atom. The van der Waals surface area contributed by atoms with Crippen LogP contribution < -0.4 is 20.7 Å². The molecule has 0 amide bonds. The lowest BCUT2D eigenvalue weighted by molar-refractivity contribution is 0.288. The number of nitrogens with zero attached hydrogens (tertiary/aromatic N) is 3. The summed E-state index contributed by atoms with van der Waals surface area (Å²) in [6, 6.07) is 22.4. The molecule has 0 spiro atoms. The van der Waals surface area contributed by atoms with Crippen molar-refractivity contribution in [1.29, 1.82) is 0 Å². The molecule has 3 N–H and O–H groups in total. The van der Waals surface area contributed by atoms with Crippen LogP contribution in [0.4, 0.5) is 27.5 Å². The summed E-state index contributed by atoms with van der Waals surface area (Å²) in [6.07, 6.45) is 3.08. The first-order valence-electron chi connectivity index (χ1n) is 13.0. The summed E-state index contributed by atoms with van der Waals surface area (Å²) in [6.45, 7) is 1.65. The second-order valence-corrected chi connectivity index (χ2v) is 11.4. The molecule has 1 aliphatic heterocycles. The molecule has 5 rings (SSSR count). The maximum atomic E-state index is 13.3. The molecule has 0 atom stereocenters. The van der Waals surface area contributed by atoms with Gasteiger partial charge in [0.1, 0.15) is 17.4 Å². The highest BCUT2D eigenvalue weighted by atomic mass is 32.2. The Morgan fingerprint density at radius 1 is 0.900 bits per heavy atom. The van der Waals surface area contributed by atoms with E-state index < -0.39 is 10.0 Å². The predicted molar refractivity (Wildman–Crippen MR) is 153 cm³/mol. The van der Waals surface area contributed by atoms with Crippen LogP contribution in [0.3, 0.4) is 0 Å². The van der Waals surface area contributed by atoms with Crippen molar-refractivity contribution in [2.24, 2.45) is 0 Å². The van der Waals surface area contributed by atoms with Crippen LogP contribution in [0.15, 0.2) is 90.0 Å². The minimum absolute atomic E-state index is 0.246. The topological polar surface area (TPSA) is 108 Å². The molecule has 1 saturated heterocycles. The molecule has 1 fully saturated rings. The molecule has 0 aliphatic carbocycles. The predicted octanol–water partition coefficient (Wildman–Crippen LogP) is 5.05. The van der Waals surface area contributed by atoms with Crippen LogP contribution in [0.5, 0.6) is 5.75 Å². The standard InChI is InChI=1S/C29H31FN6O3S/c1-39-26-10-2-21(3-11-26)20-32-23-15-18-36(19-16-23)40(37,38)27-12-8-25(9-13-27)34-29-31-17-14-28(35-29)33-24-6-4-22(30)5-7-24/h2-14,17,23,32H,15-16,18-20H2,1H3,(H2,31,33,34,35). The van der Waals surface area contributed by atoms with E-state index in [0.29, 0.717) is 36.2 Å². The van der Waals surface area contributed by atoms with Crippen LogP contribution >= 0.6 is 0 Å². The highest BCUT2D eigenvalue weighted by Gasteiger charge is 2.29. The number of hydrogen-bond donors (Lipinski definition) is 3. The number of benzene rings is 3. The molecule has 1 aromatic heterocycles. The number of methoxy groups -OCH3 is 1. The molecule has 11 heteroatoms. The average Bonchev–Trinajstić information content (AvgIpc) is 2.98. The van der Waals surface area contributed by atoms with E-state index in [1.807, 2.05) is 24.3 Å². The zero-order valence-electron chi connectivity index (χ0n) is 22.0. The Morgan fingerprint density at radius 3 is 2.23 bits per heavy atom. The van der Waals surface area contributed by atoms with Gasteiger partial charge in [-0.05, 0) is 85.1 Å². The van der Waals surface area contributed by atoms with Crippen LogP contribution in [-0.2, 0) is 16.6 Å². The number of ether oxygens (including phenoxy) is 1. The van der Waals surface area contributed by atoms with Gasteiger partial charge in [0.05, 0.1) is 12.0 Å². The number of anilines is 4. The van der Waals surface area contributed by atoms with E-state index in [0.717, 1.165) is 30.7 Å². The third-order valence-electron chi connectivity index (χ3n) is 6.73. The first kappa shape index (κ1) is 27.5. The smallest absolute Gasteiger partial charge is 0.243 e. The first-order valence-corrected chi connectivity index (χ1v) is 14.4. The van der Waals surface area contributed by atoms with Crippen LogP contribution in [0.25, 0.3) is 0 Å². The zero-order valence-corrected chi connectivity index (χ0v) is 22.9.